The molecule has 0 fully saturated rings. The molecule has 0 saturated heterocycles. The third kappa shape index (κ3) is 5.13. The normalized spacial score (nSPS) is 11.2. The topological polar surface area (TPSA) is 24.9 Å². The standard InChI is InChI=1S/C17H24N2S2/c1-4-10-18-11-15-17(14-8-6-5-7-9-14)21-16(19-15)12-20-13(2)3/h5-9,13,18H,4,10-12H2,1-3H3. The molecule has 114 valence electrons. The van der Waals surface area contributed by atoms with Gasteiger partial charge in [0.1, 0.15) is 5.01 Å². The van der Waals surface area contributed by atoms with Crippen molar-refractivity contribution < 1.29 is 0 Å². The zero-order valence-electron chi connectivity index (χ0n) is 13.1. The minimum absolute atomic E-state index is 0.649. The van der Waals surface area contributed by atoms with E-state index in [4.69, 9.17) is 4.98 Å². The molecule has 0 bridgehead atoms. The van der Waals surface area contributed by atoms with Crippen LogP contribution >= 0.6 is 23.1 Å². The van der Waals surface area contributed by atoms with Gasteiger partial charge in [0.25, 0.3) is 0 Å². The zero-order valence-corrected chi connectivity index (χ0v) is 14.7. The summed E-state index contributed by atoms with van der Waals surface area (Å²) < 4.78 is 0. The summed E-state index contributed by atoms with van der Waals surface area (Å²) in [6, 6.07) is 10.6. The smallest absolute Gasteiger partial charge is 0.103 e. The number of hydrogen-bond acceptors (Lipinski definition) is 4. The molecule has 0 unspecified atom stereocenters. The molecule has 0 spiro atoms. The Kier molecular flexibility index (Phi) is 6.74. The van der Waals surface area contributed by atoms with E-state index in [0.717, 1.165) is 25.3 Å². The predicted octanol–water partition coefficient (Wildman–Crippen LogP) is 4.95. The van der Waals surface area contributed by atoms with Crippen LogP contribution in [-0.4, -0.2) is 16.8 Å². The Morgan fingerprint density at radius 2 is 2.00 bits per heavy atom. The third-order valence-corrected chi connectivity index (χ3v) is 5.47. The van der Waals surface area contributed by atoms with Crippen molar-refractivity contribution in [3.8, 4) is 10.4 Å². The van der Waals surface area contributed by atoms with Gasteiger partial charge in [-0.2, -0.15) is 11.8 Å². The third-order valence-electron chi connectivity index (χ3n) is 3.04. The molecule has 2 aromatic rings. The fourth-order valence-electron chi connectivity index (χ4n) is 2.02. The van der Waals surface area contributed by atoms with Crippen molar-refractivity contribution in [3.63, 3.8) is 0 Å². The van der Waals surface area contributed by atoms with Crippen LogP contribution in [0.3, 0.4) is 0 Å². The number of benzene rings is 1. The zero-order chi connectivity index (χ0) is 15.1. The lowest BCUT2D eigenvalue weighted by Crippen LogP contribution is -2.14. The number of nitrogens with one attached hydrogen (secondary N) is 1. The van der Waals surface area contributed by atoms with E-state index in [0.29, 0.717) is 5.25 Å². The van der Waals surface area contributed by atoms with Crippen LogP contribution in [0.15, 0.2) is 30.3 Å². The Labute approximate surface area is 136 Å². The molecule has 0 aliphatic carbocycles. The summed E-state index contributed by atoms with van der Waals surface area (Å²) in [7, 11) is 0. The summed E-state index contributed by atoms with van der Waals surface area (Å²) in [5.41, 5.74) is 2.48. The number of rotatable bonds is 8. The molecular weight excluding hydrogens is 296 g/mol. The highest BCUT2D eigenvalue weighted by Crippen LogP contribution is 2.32. The molecule has 0 aliphatic rings. The van der Waals surface area contributed by atoms with Crippen molar-refractivity contribution in [3.05, 3.63) is 41.0 Å². The summed E-state index contributed by atoms with van der Waals surface area (Å²) >= 11 is 3.80. The maximum atomic E-state index is 4.87. The molecule has 0 radical (unpaired) electrons. The molecule has 0 amide bonds. The highest BCUT2D eigenvalue weighted by Gasteiger charge is 2.13. The molecule has 0 aliphatic heterocycles. The summed E-state index contributed by atoms with van der Waals surface area (Å²) in [5, 5.41) is 5.36. The number of aromatic nitrogens is 1. The molecule has 1 aromatic carbocycles. The SMILES string of the molecule is CCCNCc1nc(CSC(C)C)sc1-c1ccccc1. The van der Waals surface area contributed by atoms with Gasteiger partial charge in [0.15, 0.2) is 0 Å². The lowest BCUT2D eigenvalue weighted by atomic mass is 10.1. The van der Waals surface area contributed by atoms with Crippen molar-refractivity contribution in [2.75, 3.05) is 6.54 Å². The maximum absolute atomic E-state index is 4.87. The van der Waals surface area contributed by atoms with Gasteiger partial charge in [-0.3, -0.25) is 0 Å². The Balaban J connectivity index is 2.19. The van der Waals surface area contributed by atoms with E-state index in [9.17, 15) is 0 Å². The summed E-state index contributed by atoms with van der Waals surface area (Å²) in [6.07, 6.45) is 1.15. The first kappa shape index (κ1) is 16.5. The number of hydrogen-bond donors (Lipinski definition) is 1. The average Bonchev–Trinajstić information content (AvgIpc) is 2.90. The Bertz CT molecular complexity index is 535. The molecule has 4 heteroatoms. The second kappa shape index (κ2) is 8.57. The van der Waals surface area contributed by atoms with E-state index in [-0.39, 0.29) is 0 Å². The molecule has 1 heterocycles. The van der Waals surface area contributed by atoms with E-state index in [1.54, 1.807) is 0 Å². The van der Waals surface area contributed by atoms with Crippen LogP contribution in [0, 0.1) is 0 Å². The number of thioether (sulfide) groups is 1. The van der Waals surface area contributed by atoms with Gasteiger partial charge in [0.2, 0.25) is 0 Å². The molecule has 1 N–H and O–H groups in total. The van der Waals surface area contributed by atoms with Crippen molar-refractivity contribution >= 4 is 23.1 Å². The second-order valence-electron chi connectivity index (χ2n) is 5.29. The number of thiazole rings is 1. The minimum atomic E-state index is 0.649. The van der Waals surface area contributed by atoms with Gasteiger partial charge < -0.3 is 5.32 Å². The molecule has 0 saturated carbocycles. The summed E-state index contributed by atoms with van der Waals surface area (Å²) in [4.78, 5) is 6.18. The van der Waals surface area contributed by atoms with Crippen LogP contribution in [0.4, 0.5) is 0 Å². The molecule has 2 nitrogen and oxygen atoms in total. The Morgan fingerprint density at radius 1 is 1.24 bits per heavy atom. The first-order chi connectivity index (χ1) is 10.2. The molecule has 0 atom stereocenters. The van der Waals surface area contributed by atoms with Gasteiger partial charge in [-0.1, -0.05) is 51.1 Å². The van der Waals surface area contributed by atoms with Gasteiger partial charge in [-0.05, 0) is 23.8 Å². The van der Waals surface area contributed by atoms with Gasteiger partial charge >= 0.3 is 0 Å². The molecule has 2 rings (SSSR count). The second-order valence-corrected chi connectivity index (χ2v) is 7.93. The van der Waals surface area contributed by atoms with E-state index in [2.05, 4.69) is 56.4 Å². The Morgan fingerprint density at radius 3 is 2.67 bits per heavy atom. The highest BCUT2D eigenvalue weighted by atomic mass is 32.2. The van der Waals surface area contributed by atoms with Crippen LogP contribution in [0.1, 0.15) is 37.9 Å². The minimum Gasteiger partial charge on any atom is -0.311 e. The van der Waals surface area contributed by atoms with Crippen molar-refractivity contribution in [2.24, 2.45) is 0 Å². The molecule has 1 aromatic heterocycles. The van der Waals surface area contributed by atoms with E-state index in [1.807, 2.05) is 23.1 Å². The largest absolute Gasteiger partial charge is 0.311 e. The maximum Gasteiger partial charge on any atom is 0.103 e. The van der Waals surface area contributed by atoms with E-state index >= 15 is 0 Å². The van der Waals surface area contributed by atoms with Crippen molar-refractivity contribution in [1.29, 1.82) is 0 Å². The number of nitrogens with zero attached hydrogens (tertiary/aromatic N) is 1. The van der Waals surface area contributed by atoms with Crippen molar-refractivity contribution in [2.45, 2.75) is 44.7 Å². The van der Waals surface area contributed by atoms with E-state index < -0.39 is 0 Å². The first-order valence-corrected chi connectivity index (χ1v) is 9.43. The van der Waals surface area contributed by atoms with Gasteiger partial charge in [0, 0.05) is 12.3 Å². The average molecular weight is 321 g/mol. The fraction of sp³-hybridized carbons (Fsp3) is 0.471. The molecule has 21 heavy (non-hydrogen) atoms. The van der Waals surface area contributed by atoms with Crippen molar-refractivity contribution in [1.82, 2.24) is 10.3 Å². The van der Waals surface area contributed by atoms with Crippen LogP contribution < -0.4 is 5.32 Å². The predicted molar refractivity (Wildman–Crippen MR) is 96.0 cm³/mol. The summed E-state index contributed by atoms with van der Waals surface area (Å²) in [6.45, 7) is 8.57. The summed E-state index contributed by atoms with van der Waals surface area (Å²) in [5.74, 6) is 1.01. The Hall–Kier alpha value is -0.840. The lowest BCUT2D eigenvalue weighted by molar-refractivity contribution is 0.666. The highest BCUT2D eigenvalue weighted by molar-refractivity contribution is 7.99. The first-order valence-electron chi connectivity index (χ1n) is 7.57. The lowest BCUT2D eigenvalue weighted by Gasteiger charge is -2.03. The van der Waals surface area contributed by atoms with Gasteiger partial charge in [-0.25, -0.2) is 4.98 Å². The monoisotopic (exact) mass is 320 g/mol. The molecular formula is C17H24N2S2. The fourth-order valence-corrected chi connectivity index (χ4v) is 3.88. The van der Waals surface area contributed by atoms with E-state index in [1.165, 1.54) is 21.1 Å². The van der Waals surface area contributed by atoms with Crippen LogP contribution in [0.5, 0.6) is 0 Å². The van der Waals surface area contributed by atoms with Crippen LogP contribution in [-0.2, 0) is 12.3 Å². The van der Waals surface area contributed by atoms with Crippen LogP contribution in [0.25, 0.3) is 10.4 Å². The quantitative estimate of drug-likeness (QED) is 0.697. The van der Waals surface area contributed by atoms with Crippen LogP contribution in [0.2, 0.25) is 0 Å². The van der Waals surface area contributed by atoms with Gasteiger partial charge in [-0.15, -0.1) is 11.3 Å². The van der Waals surface area contributed by atoms with Gasteiger partial charge in [0.05, 0.1) is 10.6 Å².